The van der Waals surface area contributed by atoms with E-state index in [-0.39, 0.29) is 17.4 Å². The van der Waals surface area contributed by atoms with Crippen LogP contribution in [0, 0.1) is 17.0 Å². The van der Waals surface area contributed by atoms with Crippen molar-refractivity contribution in [2.24, 2.45) is 7.05 Å². The van der Waals surface area contributed by atoms with Gasteiger partial charge in [-0.25, -0.2) is 0 Å². The zero-order valence-electron chi connectivity index (χ0n) is 13.6. The first-order valence-corrected chi connectivity index (χ1v) is 7.64. The molecule has 0 spiro atoms. The zero-order valence-corrected chi connectivity index (χ0v) is 13.6. The number of nitro groups is 1. The maximum absolute atomic E-state index is 12.3. The highest BCUT2D eigenvalue weighted by Gasteiger charge is 2.26. The van der Waals surface area contributed by atoms with Gasteiger partial charge in [0, 0.05) is 51.5 Å². The van der Waals surface area contributed by atoms with E-state index in [1.165, 1.54) is 11.6 Å². The highest BCUT2D eigenvalue weighted by atomic mass is 16.6. The van der Waals surface area contributed by atoms with Gasteiger partial charge >= 0.3 is 5.82 Å². The number of hydrogen-bond donors (Lipinski definition) is 1. The van der Waals surface area contributed by atoms with Crippen molar-refractivity contribution in [1.29, 1.82) is 0 Å². The predicted molar refractivity (Wildman–Crippen MR) is 84.4 cm³/mol. The summed E-state index contributed by atoms with van der Waals surface area (Å²) >= 11 is 0. The number of carbonyl (C=O) groups excluding carboxylic acids is 1. The van der Waals surface area contributed by atoms with Crippen LogP contribution in [0.5, 0.6) is 0 Å². The normalized spacial score (nSPS) is 15.7. The number of aryl methyl sites for hydroxylation is 2. The van der Waals surface area contributed by atoms with Crippen molar-refractivity contribution in [3.63, 3.8) is 0 Å². The van der Waals surface area contributed by atoms with Crippen LogP contribution in [0.2, 0.25) is 0 Å². The molecule has 24 heavy (non-hydrogen) atoms. The van der Waals surface area contributed by atoms with Gasteiger partial charge in [0.2, 0.25) is 0 Å². The van der Waals surface area contributed by atoms with Crippen molar-refractivity contribution in [3.05, 3.63) is 39.3 Å². The summed E-state index contributed by atoms with van der Waals surface area (Å²) in [6.07, 6.45) is 2.01. The van der Waals surface area contributed by atoms with Gasteiger partial charge in [-0.15, -0.1) is 5.10 Å². The van der Waals surface area contributed by atoms with E-state index in [0.29, 0.717) is 13.1 Å². The molecule has 1 aliphatic heterocycles. The molecule has 3 rings (SSSR count). The Morgan fingerprint density at radius 1 is 1.38 bits per heavy atom. The summed E-state index contributed by atoms with van der Waals surface area (Å²) in [5.74, 6) is -0.555. The molecule has 10 heteroatoms. The van der Waals surface area contributed by atoms with Crippen LogP contribution in [0.25, 0.3) is 0 Å². The van der Waals surface area contributed by atoms with Crippen molar-refractivity contribution in [2.75, 3.05) is 26.2 Å². The molecule has 2 aromatic rings. The van der Waals surface area contributed by atoms with Crippen molar-refractivity contribution in [2.45, 2.75) is 13.5 Å². The lowest BCUT2D eigenvalue weighted by Crippen LogP contribution is -2.48. The molecule has 2 aromatic heterocycles. The minimum absolute atomic E-state index is 0.0817. The number of piperazine rings is 1. The molecule has 128 valence electrons. The molecule has 1 aliphatic rings. The Kier molecular flexibility index (Phi) is 4.30. The van der Waals surface area contributed by atoms with Crippen LogP contribution in [0.3, 0.4) is 0 Å². The third kappa shape index (κ3) is 3.27. The minimum Gasteiger partial charge on any atom is -0.358 e. The Bertz CT molecular complexity index is 758. The van der Waals surface area contributed by atoms with E-state index in [1.54, 1.807) is 9.58 Å². The lowest BCUT2D eigenvalue weighted by Gasteiger charge is -2.34. The maximum atomic E-state index is 12.3. The average Bonchev–Trinajstić information content (AvgIpc) is 3.15. The number of nitrogens with one attached hydrogen (secondary N) is 1. The van der Waals surface area contributed by atoms with Crippen molar-refractivity contribution in [3.8, 4) is 0 Å². The molecule has 0 radical (unpaired) electrons. The third-order valence-corrected chi connectivity index (χ3v) is 4.15. The van der Waals surface area contributed by atoms with Gasteiger partial charge in [0.1, 0.15) is 0 Å². The number of H-pyrrole nitrogens is 1. The highest BCUT2D eigenvalue weighted by Crippen LogP contribution is 2.14. The van der Waals surface area contributed by atoms with E-state index in [0.717, 1.165) is 25.3 Å². The Labute approximate surface area is 138 Å². The van der Waals surface area contributed by atoms with Crippen LogP contribution in [0.15, 0.2) is 12.3 Å². The molecule has 1 N–H and O–H groups in total. The molecule has 0 unspecified atom stereocenters. The van der Waals surface area contributed by atoms with E-state index < -0.39 is 4.92 Å². The maximum Gasteiger partial charge on any atom is 0.343 e. The number of carbonyl (C=O) groups is 1. The summed E-state index contributed by atoms with van der Waals surface area (Å²) in [4.78, 5) is 26.3. The number of amides is 1. The summed E-state index contributed by atoms with van der Waals surface area (Å²) in [5, 5.41) is 21.0. The minimum atomic E-state index is -0.599. The molecule has 0 saturated carbocycles. The summed E-state index contributed by atoms with van der Waals surface area (Å²) in [6, 6.07) is 1.17. The monoisotopic (exact) mass is 333 g/mol. The molecule has 0 bridgehead atoms. The molecule has 10 nitrogen and oxygen atoms in total. The van der Waals surface area contributed by atoms with Crippen molar-refractivity contribution >= 4 is 11.7 Å². The number of aromatic nitrogens is 4. The van der Waals surface area contributed by atoms with Gasteiger partial charge in [-0.2, -0.15) is 5.10 Å². The van der Waals surface area contributed by atoms with Gasteiger partial charge in [-0.05, 0) is 11.8 Å². The number of rotatable bonds is 4. The lowest BCUT2D eigenvalue weighted by atomic mass is 10.2. The SMILES string of the molecule is Cc1nn(C)cc1CN1CCN(C(=O)c2cc([N+](=O)[O-])[nH]n2)CC1. The van der Waals surface area contributed by atoms with Gasteiger partial charge in [0.15, 0.2) is 5.69 Å². The van der Waals surface area contributed by atoms with E-state index in [2.05, 4.69) is 20.2 Å². The van der Waals surface area contributed by atoms with Gasteiger partial charge in [0.25, 0.3) is 5.91 Å². The second-order valence-electron chi connectivity index (χ2n) is 5.88. The predicted octanol–water partition coefficient (Wildman–Crippen LogP) is 0.318. The van der Waals surface area contributed by atoms with Crippen LogP contribution < -0.4 is 0 Å². The van der Waals surface area contributed by atoms with Crippen LogP contribution in [0.4, 0.5) is 5.82 Å². The summed E-state index contributed by atoms with van der Waals surface area (Å²) in [5.41, 5.74) is 2.28. The zero-order chi connectivity index (χ0) is 17.3. The van der Waals surface area contributed by atoms with Crippen LogP contribution in [0.1, 0.15) is 21.7 Å². The standard InChI is InChI=1S/C14H19N7O3/c1-10-11(8-18(2)17-10)9-19-3-5-20(6-4-19)14(22)12-7-13(16-15-12)21(23)24/h7-8H,3-6,9H2,1-2H3,(H,15,16). The molecule has 1 saturated heterocycles. The first kappa shape index (κ1) is 16.1. The fourth-order valence-corrected chi connectivity index (χ4v) is 2.83. The summed E-state index contributed by atoms with van der Waals surface area (Å²) in [7, 11) is 1.90. The number of aromatic amines is 1. The highest BCUT2D eigenvalue weighted by molar-refractivity contribution is 5.92. The van der Waals surface area contributed by atoms with Gasteiger partial charge in [0.05, 0.1) is 11.8 Å². The Morgan fingerprint density at radius 3 is 2.62 bits per heavy atom. The third-order valence-electron chi connectivity index (χ3n) is 4.15. The van der Waals surface area contributed by atoms with E-state index >= 15 is 0 Å². The fraction of sp³-hybridized carbons (Fsp3) is 0.500. The molecule has 0 atom stereocenters. The van der Waals surface area contributed by atoms with Gasteiger partial charge in [-0.3, -0.25) is 14.4 Å². The van der Waals surface area contributed by atoms with Crippen LogP contribution in [-0.2, 0) is 13.6 Å². The Balaban J connectivity index is 1.57. The fourth-order valence-electron chi connectivity index (χ4n) is 2.83. The number of hydrogen-bond acceptors (Lipinski definition) is 6. The van der Waals surface area contributed by atoms with E-state index in [4.69, 9.17) is 0 Å². The quantitative estimate of drug-likeness (QED) is 0.637. The topological polar surface area (TPSA) is 113 Å². The molecule has 1 fully saturated rings. The van der Waals surface area contributed by atoms with E-state index in [1.807, 2.05) is 20.2 Å². The van der Waals surface area contributed by atoms with Gasteiger partial charge < -0.3 is 15.0 Å². The molecular formula is C14H19N7O3. The number of nitrogens with zero attached hydrogens (tertiary/aromatic N) is 6. The van der Waals surface area contributed by atoms with Crippen molar-refractivity contribution in [1.82, 2.24) is 29.8 Å². The van der Waals surface area contributed by atoms with Crippen LogP contribution in [-0.4, -0.2) is 66.8 Å². The molecular weight excluding hydrogens is 314 g/mol. The first-order chi connectivity index (χ1) is 11.4. The smallest absolute Gasteiger partial charge is 0.343 e. The average molecular weight is 333 g/mol. The van der Waals surface area contributed by atoms with Crippen molar-refractivity contribution < 1.29 is 9.72 Å². The largest absolute Gasteiger partial charge is 0.358 e. The lowest BCUT2D eigenvalue weighted by molar-refractivity contribution is -0.389. The van der Waals surface area contributed by atoms with E-state index in [9.17, 15) is 14.9 Å². The molecule has 0 aliphatic carbocycles. The Morgan fingerprint density at radius 2 is 2.08 bits per heavy atom. The second-order valence-corrected chi connectivity index (χ2v) is 5.88. The molecule has 0 aromatic carbocycles. The van der Waals surface area contributed by atoms with Gasteiger partial charge in [-0.1, -0.05) is 5.10 Å². The molecule has 3 heterocycles. The second kappa shape index (κ2) is 6.40. The first-order valence-electron chi connectivity index (χ1n) is 7.64. The van der Waals surface area contributed by atoms with Crippen LogP contribution >= 0.6 is 0 Å². The molecule has 1 amide bonds. The summed E-state index contributed by atoms with van der Waals surface area (Å²) < 4.78 is 1.80. The summed E-state index contributed by atoms with van der Waals surface area (Å²) in [6.45, 7) is 5.41. The Hall–Kier alpha value is -2.75.